The van der Waals surface area contributed by atoms with Crippen LogP contribution in [0.2, 0.25) is 0 Å². The van der Waals surface area contributed by atoms with E-state index in [9.17, 15) is 14.0 Å². The van der Waals surface area contributed by atoms with E-state index in [2.05, 4.69) is 5.32 Å². The van der Waals surface area contributed by atoms with Gasteiger partial charge >= 0.3 is 0 Å². The van der Waals surface area contributed by atoms with Gasteiger partial charge in [-0.3, -0.25) is 9.59 Å². The molecule has 0 unspecified atom stereocenters. The summed E-state index contributed by atoms with van der Waals surface area (Å²) in [6.45, 7) is 0. The second kappa shape index (κ2) is 4.38. The Labute approximate surface area is 103 Å². The van der Waals surface area contributed by atoms with E-state index >= 15 is 0 Å². The molecule has 6 heteroatoms. The number of hydrogen-bond donors (Lipinski definition) is 3. The normalized spacial score (nSPS) is 16.8. The molecule has 5 N–H and O–H groups in total. The lowest BCUT2D eigenvalue weighted by Crippen LogP contribution is -2.56. The van der Waals surface area contributed by atoms with E-state index in [1.807, 2.05) is 0 Å². The van der Waals surface area contributed by atoms with Crippen LogP contribution in [-0.4, -0.2) is 17.4 Å². The lowest BCUT2D eigenvalue weighted by molar-refractivity contribution is -0.123. The minimum atomic E-state index is -0.921. The fourth-order valence-electron chi connectivity index (χ4n) is 1.81. The number of carbonyl (C=O) groups excluding carboxylic acids is 2. The molecule has 0 heterocycles. The van der Waals surface area contributed by atoms with Crippen LogP contribution in [0.25, 0.3) is 0 Å². The third-order valence-corrected chi connectivity index (χ3v) is 3.20. The Morgan fingerprint density at radius 2 is 2.00 bits per heavy atom. The van der Waals surface area contributed by atoms with Gasteiger partial charge < -0.3 is 16.8 Å². The van der Waals surface area contributed by atoms with Gasteiger partial charge in [-0.25, -0.2) is 4.39 Å². The quantitative estimate of drug-likeness (QED) is 0.739. The summed E-state index contributed by atoms with van der Waals surface area (Å²) in [5, 5.41) is 2.40. The highest BCUT2D eigenvalue weighted by Crippen LogP contribution is 2.30. The Bertz CT molecular complexity index is 512. The van der Waals surface area contributed by atoms with Crippen molar-refractivity contribution in [3.63, 3.8) is 0 Å². The minimum Gasteiger partial charge on any atom is -0.366 e. The molecule has 0 spiro atoms. The van der Waals surface area contributed by atoms with E-state index in [1.165, 1.54) is 12.1 Å². The smallest absolute Gasteiger partial charge is 0.248 e. The van der Waals surface area contributed by atoms with Crippen molar-refractivity contribution in [1.29, 1.82) is 0 Å². The summed E-state index contributed by atoms with van der Waals surface area (Å²) in [5.74, 6) is -1.75. The molecule has 1 fully saturated rings. The van der Waals surface area contributed by atoms with Gasteiger partial charge in [0.15, 0.2) is 0 Å². The molecule has 1 aliphatic carbocycles. The molecule has 0 atom stereocenters. The average molecular weight is 251 g/mol. The van der Waals surface area contributed by atoms with Gasteiger partial charge in [0, 0.05) is 5.56 Å². The van der Waals surface area contributed by atoms with E-state index < -0.39 is 23.2 Å². The molecule has 0 aromatic heterocycles. The van der Waals surface area contributed by atoms with Gasteiger partial charge in [-0.2, -0.15) is 0 Å². The molecule has 1 aromatic carbocycles. The van der Waals surface area contributed by atoms with Crippen LogP contribution in [0, 0.1) is 5.82 Å². The zero-order valence-electron chi connectivity index (χ0n) is 9.70. The van der Waals surface area contributed by atoms with E-state index in [4.69, 9.17) is 11.5 Å². The van der Waals surface area contributed by atoms with Crippen molar-refractivity contribution in [2.24, 2.45) is 11.5 Å². The maximum absolute atomic E-state index is 13.5. The van der Waals surface area contributed by atoms with Crippen LogP contribution in [0.4, 0.5) is 10.1 Å². The van der Waals surface area contributed by atoms with E-state index in [1.54, 1.807) is 0 Å². The summed E-state index contributed by atoms with van der Waals surface area (Å²) in [5.41, 5.74) is 10.0. The van der Waals surface area contributed by atoms with Gasteiger partial charge in [-0.1, -0.05) is 0 Å². The van der Waals surface area contributed by atoms with E-state index in [0.29, 0.717) is 12.8 Å². The molecule has 1 aliphatic rings. The van der Waals surface area contributed by atoms with Crippen molar-refractivity contribution in [3.8, 4) is 0 Å². The molecule has 0 radical (unpaired) electrons. The summed E-state index contributed by atoms with van der Waals surface area (Å²) in [6.07, 6.45) is 2.04. The Balaban J connectivity index is 2.20. The molecule has 96 valence electrons. The number of anilines is 1. The summed E-state index contributed by atoms with van der Waals surface area (Å²) in [6, 6.07) is 3.55. The largest absolute Gasteiger partial charge is 0.366 e. The maximum Gasteiger partial charge on any atom is 0.248 e. The molecular formula is C12H14FN3O2. The van der Waals surface area contributed by atoms with E-state index in [0.717, 1.165) is 12.5 Å². The van der Waals surface area contributed by atoms with Crippen LogP contribution in [0.5, 0.6) is 0 Å². The van der Waals surface area contributed by atoms with Crippen LogP contribution >= 0.6 is 0 Å². The fraction of sp³-hybridized carbons (Fsp3) is 0.333. The third kappa shape index (κ3) is 2.19. The maximum atomic E-state index is 13.5. The van der Waals surface area contributed by atoms with Crippen LogP contribution in [0.15, 0.2) is 18.2 Å². The SMILES string of the molecule is NC(=O)c1ccc(F)c(NC(=O)C2(N)CCC2)c1. The van der Waals surface area contributed by atoms with Gasteiger partial charge in [-0.15, -0.1) is 0 Å². The molecular weight excluding hydrogens is 237 g/mol. The zero-order valence-corrected chi connectivity index (χ0v) is 9.70. The average Bonchev–Trinajstić information content (AvgIpc) is 2.28. The number of primary amides is 1. The summed E-state index contributed by atoms with van der Waals surface area (Å²) in [4.78, 5) is 22.8. The highest BCUT2D eigenvalue weighted by molar-refractivity contribution is 6.00. The van der Waals surface area contributed by atoms with Crippen molar-refractivity contribution in [1.82, 2.24) is 0 Å². The van der Waals surface area contributed by atoms with Crippen LogP contribution in [0.1, 0.15) is 29.6 Å². The standard InChI is InChI=1S/C12H14FN3O2/c13-8-3-2-7(10(14)17)6-9(8)16-11(18)12(15)4-1-5-12/h2-3,6H,1,4-5,15H2,(H2,14,17)(H,16,18). The number of benzene rings is 1. The predicted octanol–water partition coefficient (Wildman–Crippen LogP) is 0.744. The monoisotopic (exact) mass is 251 g/mol. The Morgan fingerprint density at radius 3 is 2.50 bits per heavy atom. The number of carbonyl (C=O) groups is 2. The van der Waals surface area contributed by atoms with Gasteiger partial charge in [0.25, 0.3) is 0 Å². The van der Waals surface area contributed by atoms with Crippen molar-refractivity contribution in [2.45, 2.75) is 24.8 Å². The number of amides is 2. The first kappa shape index (κ1) is 12.5. The first-order valence-electron chi connectivity index (χ1n) is 5.62. The van der Waals surface area contributed by atoms with Crippen LogP contribution in [0.3, 0.4) is 0 Å². The molecule has 1 aromatic rings. The second-order valence-corrected chi connectivity index (χ2v) is 4.52. The number of halogens is 1. The minimum absolute atomic E-state index is 0.0759. The number of rotatable bonds is 3. The highest BCUT2D eigenvalue weighted by Gasteiger charge is 2.40. The number of nitrogens with two attached hydrogens (primary N) is 2. The van der Waals surface area contributed by atoms with Crippen molar-refractivity contribution < 1.29 is 14.0 Å². The predicted molar refractivity (Wildman–Crippen MR) is 64.3 cm³/mol. The van der Waals surface area contributed by atoms with E-state index in [-0.39, 0.29) is 11.3 Å². The van der Waals surface area contributed by atoms with Gasteiger partial charge in [0.05, 0.1) is 11.2 Å². The van der Waals surface area contributed by atoms with Crippen molar-refractivity contribution in [3.05, 3.63) is 29.6 Å². The van der Waals surface area contributed by atoms with Gasteiger partial charge in [-0.05, 0) is 37.5 Å². The fourth-order valence-corrected chi connectivity index (χ4v) is 1.81. The molecule has 0 aliphatic heterocycles. The lowest BCUT2D eigenvalue weighted by atomic mass is 9.77. The molecule has 0 saturated heterocycles. The third-order valence-electron chi connectivity index (χ3n) is 3.20. The molecule has 2 rings (SSSR count). The van der Waals surface area contributed by atoms with Gasteiger partial charge in [0.1, 0.15) is 5.82 Å². The molecule has 2 amide bonds. The Kier molecular flexibility index (Phi) is 3.04. The van der Waals surface area contributed by atoms with Crippen molar-refractivity contribution in [2.75, 3.05) is 5.32 Å². The summed E-state index contributed by atoms with van der Waals surface area (Å²) >= 11 is 0. The Hall–Kier alpha value is -1.95. The number of nitrogens with one attached hydrogen (secondary N) is 1. The van der Waals surface area contributed by atoms with Crippen molar-refractivity contribution >= 4 is 17.5 Å². The second-order valence-electron chi connectivity index (χ2n) is 4.52. The summed E-state index contributed by atoms with van der Waals surface area (Å²) < 4.78 is 13.5. The first-order chi connectivity index (χ1) is 8.42. The Morgan fingerprint density at radius 1 is 1.33 bits per heavy atom. The molecule has 5 nitrogen and oxygen atoms in total. The van der Waals surface area contributed by atoms with Crippen LogP contribution < -0.4 is 16.8 Å². The first-order valence-corrected chi connectivity index (χ1v) is 5.62. The van der Waals surface area contributed by atoms with Gasteiger partial charge in [0.2, 0.25) is 11.8 Å². The number of hydrogen-bond acceptors (Lipinski definition) is 3. The zero-order chi connectivity index (χ0) is 13.3. The molecule has 1 saturated carbocycles. The summed E-state index contributed by atoms with van der Waals surface area (Å²) in [7, 11) is 0. The molecule has 0 bridgehead atoms. The highest BCUT2D eigenvalue weighted by atomic mass is 19.1. The van der Waals surface area contributed by atoms with Crippen LogP contribution in [-0.2, 0) is 4.79 Å². The molecule has 18 heavy (non-hydrogen) atoms. The topological polar surface area (TPSA) is 98.2 Å². The lowest BCUT2D eigenvalue weighted by Gasteiger charge is -2.36.